The molecule has 1 aromatic rings. The molecule has 1 aromatic carbocycles. The van der Waals surface area contributed by atoms with Crippen LogP contribution in [-0.2, 0) is 25.0 Å². The second kappa shape index (κ2) is 11.4. The van der Waals surface area contributed by atoms with E-state index in [9.17, 15) is 22.0 Å². The molecule has 0 aromatic heterocycles. The third-order valence-electron chi connectivity index (χ3n) is 5.65. The van der Waals surface area contributed by atoms with Crippen LogP contribution < -0.4 is 9.46 Å². The maximum absolute atomic E-state index is 14.1. The van der Waals surface area contributed by atoms with Crippen molar-refractivity contribution in [2.75, 3.05) is 25.3 Å². The van der Waals surface area contributed by atoms with Gasteiger partial charge in [0.1, 0.15) is 11.4 Å². The van der Waals surface area contributed by atoms with Crippen LogP contribution in [0.5, 0.6) is 5.75 Å². The average Bonchev–Trinajstić information content (AvgIpc) is 2.75. The zero-order valence-electron chi connectivity index (χ0n) is 19.7. The number of alkyl halides is 4. The molecule has 1 N–H and O–H groups in total. The fraction of sp³-hybridized carbons (Fsp3) is 0.522. The molecule has 0 radical (unpaired) electrons. The zero-order valence-corrected chi connectivity index (χ0v) is 22.8. The van der Waals surface area contributed by atoms with E-state index in [0.717, 1.165) is 17.4 Å². The van der Waals surface area contributed by atoms with Crippen molar-refractivity contribution in [3.8, 4) is 5.75 Å². The Hall–Kier alpha value is -1.23. The van der Waals surface area contributed by atoms with E-state index >= 15 is 0 Å². The summed E-state index contributed by atoms with van der Waals surface area (Å²) in [5, 5.41) is -0.129. The van der Waals surface area contributed by atoms with Crippen molar-refractivity contribution in [3.05, 3.63) is 52.6 Å². The molecule has 0 saturated carbocycles. The van der Waals surface area contributed by atoms with Gasteiger partial charge in [-0.1, -0.05) is 43.7 Å². The number of carbonyl (C=O) groups excluding carboxylic acids is 1. The predicted octanol–water partition coefficient (Wildman–Crippen LogP) is 5.13. The highest BCUT2D eigenvalue weighted by Crippen LogP contribution is 2.43. The van der Waals surface area contributed by atoms with E-state index in [-0.39, 0.29) is 5.75 Å². The van der Waals surface area contributed by atoms with Gasteiger partial charge >= 0.3 is 6.11 Å². The number of ether oxygens (including phenoxy) is 2. The minimum absolute atomic E-state index is 0.260. The van der Waals surface area contributed by atoms with Crippen LogP contribution in [0.25, 0.3) is 0 Å². The second-order valence-electron chi connectivity index (χ2n) is 8.80. The van der Waals surface area contributed by atoms with Crippen molar-refractivity contribution in [1.82, 2.24) is 4.72 Å². The summed E-state index contributed by atoms with van der Waals surface area (Å²) in [6.45, 7) is 4.96. The van der Waals surface area contributed by atoms with Crippen LogP contribution in [0.1, 0.15) is 32.8 Å². The van der Waals surface area contributed by atoms with Crippen molar-refractivity contribution in [1.29, 1.82) is 0 Å². The number of ketones is 1. The highest BCUT2D eigenvalue weighted by molar-refractivity contribution is 7.88. The summed E-state index contributed by atoms with van der Waals surface area (Å²) in [4.78, 5) is 11.7. The van der Waals surface area contributed by atoms with Crippen molar-refractivity contribution in [3.63, 3.8) is 0 Å². The quantitative estimate of drug-likeness (QED) is 0.277. The van der Waals surface area contributed by atoms with Crippen molar-refractivity contribution < 1.29 is 31.5 Å². The van der Waals surface area contributed by atoms with Gasteiger partial charge in [0.15, 0.2) is 0 Å². The van der Waals surface area contributed by atoms with Crippen LogP contribution in [0.3, 0.4) is 0 Å². The van der Waals surface area contributed by atoms with Gasteiger partial charge in [0, 0.05) is 17.9 Å². The first-order valence-corrected chi connectivity index (χ1v) is 13.9. The largest absolute Gasteiger partial charge is 0.462 e. The van der Waals surface area contributed by atoms with Crippen LogP contribution in [0.2, 0.25) is 0 Å². The Morgan fingerprint density at radius 1 is 1.23 bits per heavy atom. The second-order valence-corrected chi connectivity index (χ2v) is 11.9. The Bertz CT molecular complexity index is 1090. The number of carbonyl (C=O) groups is 1. The molecule has 0 saturated heterocycles. The molecule has 1 aliphatic carbocycles. The topological polar surface area (TPSA) is 81.7 Å². The highest BCUT2D eigenvalue weighted by Gasteiger charge is 2.43. The molecular weight excluding hydrogens is 547 g/mol. The van der Waals surface area contributed by atoms with Crippen LogP contribution in [-0.4, -0.2) is 56.6 Å². The third-order valence-corrected chi connectivity index (χ3v) is 7.61. The van der Waals surface area contributed by atoms with Crippen molar-refractivity contribution in [2.45, 2.75) is 49.7 Å². The van der Waals surface area contributed by atoms with E-state index in [1.165, 1.54) is 12.1 Å². The normalized spacial score (nSPS) is 21.3. The summed E-state index contributed by atoms with van der Waals surface area (Å²) in [5.41, 5.74) is 0.0417. The molecule has 2 unspecified atom stereocenters. The van der Waals surface area contributed by atoms with Gasteiger partial charge in [0.2, 0.25) is 10.0 Å². The van der Waals surface area contributed by atoms with E-state index in [4.69, 9.17) is 39.5 Å². The Morgan fingerprint density at radius 2 is 1.83 bits per heavy atom. The molecule has 6 nitrogen and oxygen atoms in total. The van der Waals surface area contributed by atoms with Crippen molar-refractivity contribution in [2.24, 2.45) is 0 Å². The van der Waals surface area contributed by atoms with Crippen LogP contribution in [0, 0.1) is 0 Å². The molecule has 35 heavy (non-hydrogen) atoms. The van der Waals surface area contributed by atoms with Gasteiger partial charge in [0.05, 0.1) is 23.2 Å². The minimum Gasteiger partial charge on any atom is -0.427 e. The summed E-state index contributed by atoms with van der Waals surface area (Å²) >= 11 is 18.9. The first-order chi connectivity index (χ1) is 16.0. The number of benzene rings is 1. The SMILES string of the molecule is CC(C)(C1=CC(Cl)C(C)(OCCCCl)C(Cl)=C1)c1ccc(OC(F)(F)C(=O)CNS(C)(=O)=O)cc1. The first kappa shape index (κ1) is 30.0. The third kappa shape index (κ3) is 7.63. The number of Topliss-reactive ketones (excluding diaryl/α,β-unsaturated/α-hetero) is 1. The number of sulfonamides is 1. The lowest BCUT2D eigenvalue weighted by Crippen LogP contribution is -2.42. The molecule has 0 fully saturated rings. The van der Waals surface area contributed by atoms with Gasteiger partial charge in [-0.3, -0.25) is 4.79 Å². The molecule has 0 aliphatic heterocycles. The molecule has 196 valence electrons. The molecule has 0 spiro atoms. The maximum atomic E-state index is 14.1. The number of hydrogen-bond acceptors (Lipinski definition) is 5. The number of nitrogens with one attached hydrogen (secondary N) is 1. The fourth-order valence-electron chi connectivity index (χ4n) is 3.26. The summed E-state index contributed by atoms with van der Waals surface area (Å²) in [5.74, 6) is -1.52. The molecule has 2 atom stereocenters. The van der Waals surface area contributed by atoms with Gasteiger partial charge < -0.3 is 9.47 Å². The predicted molar refractivity (Wildman–Crippen MR) is 134 cm³/mol. The standard InChI is InChI=1S/C23H28Cl3F2NO5S/c1-21(2,16-12-18(25)22(3,19(26)13-16)33-11-5-10-24)15-6-8-17(9-7-15)34-23(27,28)20(30)14-29-35(4,31)32/h6-9,12-13,18,29H,5,10-11,14H2,1-4H3. The molecule has 0 heterocycles. The average molecular weight is 575 g/mol. The Morgan fingerprint density at radius 3 is 2.34 bits per heavy atom. The minimum atomic E-state index is -4.21. The van der Waals surface area contributed by atoms with Crippen LogP contribution in [0.4, 0.5) is 8.78 Å². The number of hydrogen-bond donors (Lipinski definition) is 1. The molecule has 0 amide bonds. The van der Waals surface area contributed by atoms with Gasteiger partial charge in [-0.2, -0.15) is 8.78 Å². The molecule has 2 rings (SSSR count). The van der Waals surface area contributed by atoms with Gasteiger partial charge in [0.25, 0.3) is 5.78 Å². The van der Waals surface area contributed by atoms with E-state index in [0.29, 0.717) is 23.9 Å². The van der Waals surface area contributed by atoms with Crippen molar-refractivity contribution >= 4 is 50.6 Å². The van der Waals surface area contributed by atoms with E-state index in [1.54, 1.807) is 29.9 Å². The first-order valence-electron chi connectivity index (χ1n) is 10.6. The van der Waals surface area contributed by atoms with Gasteiger partial charge in [-0.15, -0.1) is 23.2 Å². The highest BCUT2D eigenvalue weighted by atomic mass is 35.5. The summed E-state index contributed by atoms with van der Waals surface area (Å²) in [7, 11) is -3.81. The van der Waals surface area contributed by atoms with E-state index < -0.39 is 44.9 Å². The molecular formula is C23H28Cl3F2NO5S. The smallest absolute Gasteiger partial charge is 0.427 e. The molecule has 12 heteroatoms. The van der Waals surface area contributed by atoms with E-state index in [2.05, 4.69) is 4.74 Å². The Kier molecular flexibility index (Phi) is 9.80. The maximum Gasteiger partial charge on any atom is 0.462 e. The fourth-order valence-corrected chi connectivity index (χ4v) is 4.43. The number of halogens is 5. The monoisotopic (exact) mass is 573 g/mol. The summed E-state index contributed by atoms with van der Waals surface area (Å²) in [6, 6.07) is 5.77. The molecule has 0 bridgehead atoms. The zero-order chi connectivity index (χ0) is 26.7. The Balaban J connectivity index is 2.17. The van der Waals surface area contributed by atoms with Gasteiger partial charge in [-0.05, 0) is 42.7 Å². The number of rotatable bonds is 12. The van der Waals surface area contributed by atoms with Crippen LogP contribution >= 0.6 is 34.8 Å². The number of allylic oxidation sites excluding steroid dienone is 2. The van der Waals surface area contributed by atoms with E-state index in [1.807, 2.05) is 19.9 Å². The summed E-state index contributed by atoms with van der Waals surface area (Å²) in [6.07, 6.45) is 0.829. The Labute approximate surface area is 219 Å². The lowest BCUT2D eigenvalue weighted by molar-refractivity contribution is -0.189. The lowest BCUT2D eigenvalue weighted by atomic mass is 9.74. The summed E-state index contributed by atoms with van der Waals surface area (Å²) < 4.78 is 62.4. The van der Waals surface area contributed by atoms with Crippen LogP contribution in [0.15, 0.2) is 47.0 Å². The lowest BCUT2D eigenvalue weighted by Gasteiger charge is -2.39. The van der Waals surface area contributed by atoms with Gasteiger partial charge in [-0.25, -0.2) is 13.1 Å². The molecule has 1 aliphatic rings.